The molecule has 0 bridgehead atoms. The van der Waals surface area contributed by atoms with Crippen molar-refractivity contribution in [1.29, 1.82) is 0 Å². The van der Waals surface area contributed by atoms with Crippen LogP contribution < -0.4 is 15.5 Å². The van der Waals surface area contributed by atoms with E-state index in [2.05, 4.69) is 15.5 Å². The Morgan fingerprint density at radius 2 is 1.79 bits per heavy atom. The van der Waals surface area contributed by atoms with E-state index in [9.17, 15) is 9.59 Å². The van der Waals surface area contributed by atoms with Crippen molar-refractivity contribution in [2.75, 3.05) is 36.4 Å². The Hall–Kier alpha value is -2.10. The maximum Gasteiger partial charge on any atom is 0.269 e. The summed E-state index contributed by atoms with van der Waals surface area (Å²) in [6, 6.07) is 10.8. The van der Waals surface area contributed by atoms with E-state index in [0.29, 0.717) is 58.2 Å². The lowest BCUT2D eigenvalue weighted by molar-refractivity contribution is -0.131. The standard InChI is InChI=1S/C23H21Cl3N4O2S2/c1-2-19(31)30-9-7-29(8-10-30)17-6-4-14(12-16(17)25)27-23(33)28-22(32)21-20(26)15-5-3-13(24)11-18(15)34-21/h3-6,11-12H,2,7-10H2,1H3,(H2,27,28,32,33). The third-order valence-electron chi connectivity index (χ3n) is 5.51. The van der Waals surface area contributed by atoms with Gasteiger partial charge in [-0.2, -0.15) is 0 Å². The summed E-state index contributed by atoms with van der Waals surface area (Å²) < 4.78 is 0.823. The van der Waals surface area contributed by atoms with E-state index in [1.165, 1.54) is 11.3 Å². The first-order valence-corrected chi connectivity index (χ1v) is 12.9. The minimum atomic E-state index is -0.401. The molecule has 1 saturated heterocycles. The SMILES string of the molecule is CCC(=O)N1CCN(c2ccc(NC(=S)NC(=O)c3sc4cc(Cl)ccc4c3Cl)cc2Cl)CC1. The van der Waals surface area contributed by atoms with Crippen LogP contribution in [-0.4, -0.2) is 48.0 Å². The molecule has 11 heteroatoms. The second kappa shape index (κ2) is 10.7. The van der Waals surface area contributed by atoms with E-state index in [1.54, 1.807) is 24.3 Å². The van der Waals surface area contributed by atoms with Crippen molar-refractivity contribution in [3.05, 3.63) is 56.3 Å². The Morgan fingerprint density at radius 3 is 2.47 bits per heavy atom. The van der Waals surface area contributed by atoms with Crippen molar-refractivity contribution in [3.63, 3.8) is 0 Å². The number of fused-ring (bicyclic) bond motifs is 1. The minimum absolute atomic E-state index is 0.132. The number of piperazine rings is 1. The summed E-state index contributed by atoms with van der Waals surface area (Å²) >= 11 is 25.5. The van der Waals surface area contributed by atoms with Crippen molar-refractivity contribution >= 4 is 96.7 Å². The van der Waals surface area contributed by atoms with Crippen LogP contribution in [0.4, 0.5) is 11.4 Å². The number of anilines is 2. The highest BCUT2D eigenvalue weighted by atomic mass is 35.5. The number of thiocarbonyl (C=S) groups is 1. The van der Waals surface area contributed by atoms with Gasteiger partial charge in [0.1, 0.15) is 4.88 Å². The van der Waals surface area contributed by atoms with Crippen LogP contribution in [0.1, 0.15) is 23.0 Å². The number of halogens is 3. The molecule has 0 aliphatic carbocycles. The van der Waals surface area contributed by atoms with E-state index in [1.807, 2.05) is 24.0 Å². The highest BCUT2D eigenvalue weighted by Crippen LogP contribution is 2.36. The molecule has 2 aromatic carbocycles. The molecule has 2 heterocycles. The van der Waals surface area contributed by atoms with Gasteiger partial charge in [0.25, 0.3) is 5.91 Å². The Morgan fingerprint density at radius 1 is 1.06 bits per heavy atom. The van der Waals surface area contributed by atoms with Crippen LogP contribution in [-0.2, 0) is 4.79 Å². The van der Waals surface area contributed by atoms with E-state index < -0.39 is 5.91 Å². The van der Waals surface area contributed by atoms with Gasteiger partial charge in [-0.05, 0) is 42.5 Å². The number of carbonyl (C=O) groups is 2. The van der Waals surface area contributed by atoms with Crippen LogP contribution in [0, 0.1) is 0 Å². The fourth-order valence-electron chi connectivity index (χ4n) is 3.77. The summed E-state index contributed by atoms with van der Waals surface area (Å²) in [5, 5.41) is 8.05. The highest BCUT2D eigenvalue weighted by molar-refractivity contribution is 7.80. The predicted molar refractivity (Wildman–Crippen MR) is 146 cm³/mol. The largest absolute Gasteiger partial charge is 0.367 e. The quantitative estimate of drug-likeness (QED) is 0.384. The number of carbonyl (C=O) groups excluding carboxylic acids is 2. The minimum Gasteiger partial charge on any atom is -0.367 e. The number of hydrogen-bond acceptors (Lipinski definition) is 5. The third-order valence-corrected chi connectivity index (χ3v) is 7.90. The van der Waals surface area contributed by atoms with Crippen molar-refractivity contribution in [3.8, 4) is 0 Å². The Labute approximate surface area is 221 Å². The van der Waals surface area contributed by atoms with Gasteiger partial charge >= 0.3 is 0 Å². The molecule has 1 fully saturated rings. The van der Waals surface area contributed by atoms with E-state index in [-0.39, 0.29) is 11.0 Å². The maximum atomic E-state index is 12.7. The molecule has 2 amide bonds. The third kappa shape index (κ3) is 5.42. The monoisotopic (exact) mass is 554 g/mol. The average molecular weight is 556 g/mol. The molecule has 178 valence electrons. The number of benzene rings is 2. The zero-order valence-corrected chi connectivity index (χ0v) is 22.1. The first-order valence-electron chi connectivity index (χ1n) is 10.6. The zero-order valence-electron chi connectivity index (χ0n) is 18.2. The highest BCUT2D eigenvalue weighted by Gasteiger charge is 2.22. The smallest absolute Gasteiger partial charge is 0.269 e. The maximum absolute atomic E-state index is 12.7. The van der Waals surface area contributed by atoms with Gasteiger partial charge in [0.15, 0.2) is 5.11 Å². The lowest BCUT2D eigenvalue weighted by atomic mass is 10.2. The molecule has 0 spiro atoms. The van der Waals surface area contributed by atoms with Gasteiger partial charge in [0.05, 0.1) is 15.7 Å². The van der Waals surface area contributed by atoms with Crippen LogP contribution in [0.25, 0.3) is 10.1 Å². The number of hydrogen-bond donors (Lipinski definition) is 2. The van der Waals surface area contributed by atoms with Crippen LogP contribution in [0.15, 0.2) is 36.4 Å². The zero-order chi connectivity index (χ0) is 24.4. The summed E-state index contributed by atoms with van der Waals surface area (Å²) in [4.78, 5) is 29.0. The molecule has 2 N–H and O–H groups in total. The number of nitrogens with zero attached hydrogens (tertiary/aromatic N) is 2. The molecular formula is C23H21Cl3N4O2S2. The van der Waals surface area contributed by atoms with E-state index in [0.717, 1.165) is 15.8 Å². The van der Waals surface area contributed by atoms with Gasteiger partial charge in [-0.3, -0.25) is 14.9 Å². The van der Waals surface area contributed by atoms with Gasteiger partial charge in [-0.15, -0.1) is 11.3 Å². The van der Waals surface area contributed by atoms with Gasteiger partial charge in [0, 0.05) is 53.4 Å². The molecule has 0 saturated carbocycles. The van der Waals surface area contributed by atoms with Gasteiger partial charge in [-0.25, -0.2) is 0 Å². The second-order valence-electron chi connectivity index (χ2n) is 7.68. The summed E-state index contributed by atoms with van der Waals surface area (Å²) in [7, 11) is 0. The van der Waals surface area contributed by atoms with Crippen molar-refractivity contribution < 1.29 is 9.59 Å². The number of amides is 2. The summed E-state index contributed by atoms with van der Waals surface area (Å²) in [5.74, 6) is -0.233. The fourth-order valence-corrected chi connectivity index (χ4v) is 5.97. The van der Waals surface area contributed by atoms with Gasteiger partial charge in [-0.1, -0.05) is 47.8 Å². The van der Waals surface area contributed by atoms with Crippen LogP contribution in [0.2, 0.25) is 15.1 Å². The van der Waals surface area contributed by atoms with Crippen molar-refractivity contribution in [1.82, 2.24) is 10.2 Å². The molecule has 0 radical (unpaired) electrons. The topological polar surface area (TPSA) is 64.7 Å². The van der Waals surface area contributed by atoms with E-state index in [4.69, 9.17) is 47.0 Å². The molecule has 1 aliphatic heterocycles. The van der Waals surface area contributed by atoms with Gasteiger partial charge in [0.2, 0.25) is 5.91 Å². The Bertz CT molecular complexity index is 1270. The first kappa shape index (κ1) is 25.0. The Kier molecular flexibility index (Phi) is 7.84. The number of rotatable bonds is 4. The molecule has 0 unspecified atom stereocenters. The van der Waals surface area contributed by atoms with Crippen LogP contribution >= 0.6 is 58.4 Å². The molecule has 34 heavy (non-hydrogen) atoms. The number of thiophene rings is 1. The molecule has 4 rings (SSSR count). The van der Waals surface area contributed by atoms with Crippen LogP contribution in [0.3, 0.4) is 0 Å². The Balaban J connectivity index is 1.38. The first-order chi connectivity index (χ1) is 16.3. The number of nitrogens with one attached hydrogen (secondary N) is 2. The molecular weight excluding hydrogens is 535 g/mol. The molecule has 1 aliphatic rings. The lowest BCUT2D eigenvalue weighted by Crippen LogP contribution is -2.48. The average Bonchev–Trinajstić information content (AvgIpc) is 3.14. The second-order valence-corrected chi connectivity index (χ2v) is 10.4. The molecule has 1 aromatic heterocycles. The predicted octanol–water partition coefficient (Wildman–Crippen LogP) is 6.05. The summed E-state index contributed by atoms with van der Waals surface area (Å²) in [6.45, 7) is 4.65. The van der Waals surface area contributed by atoms with Crippen molar-refractivity contribution in [2.24, 2.45) is 0 Å². The summed E-state index contributed by atoms with van der Waals surface area (Å²) in [6.07, 6.45) is 0.515. The lowest BCUT2D eigenvalue weighted by Gasteiger charge is -2.36. The molecule has 6 nitrogen and oxygen atoms in total. The van der Waals surface area contributed by atoms with E-state index >= 15 is 0 Å². The summed E-state index contributed by atoms with van der Waals surface area (Å²) in [5.41, 5.74) is 1.54. The molecule has 3 aromatic rings. The normalized spacial score (nSPS) is 13.8. The molecule has 0 atom stereocenters. The fraction of sp³-hybridized carbons (Fsp3) is 0.261. The van der Waals surface area contributed by atoms with Gasteiger partial charge < -0.3 is 15.1 Å². The van der Waals surface area contributed by atoms with Crippen molar-refractivity contribution in [2.45, 2.75) is 13.3 Å². The van der Waals surface area contributed by atoms with Crippen LogP contribution in [0.5, 0.6) is 0 Å².